The Morgan fingerprint density at radius 1 is 1.25 bits per heavy atom. The monoisotopic (exact) mass is 463 g/mol. The van der Waals surface area contributed by atoms with E-state index in [1.54, 1.807) is 28.4 Å². The fourth-order valence-corrected chi connectivity index (χ4v) is 4.60. The summed E-state index contributed by atoms with van der Waals surface area (Å²) in [7, 11) is 0. The summed E-state index contributed by atoms with van der Waals surface area (Å²) in [5.74, 6) is 0.133. The van der Waals surface area contributed by atoms with Crippen LogP contribution in [-0.4, -0.2) is 55.2 Å². The van der Waals surface area contributed by atoms with E-state index >= 15 is 0 Å². The van der Waals surface area contributed by atoms with Gasteiger partial charge in [-0.05, 0) is 59.1 Å². The van der Waals surface area contributed by atoms with Gasteiger partial charge in [0.1, 0.15) is 0 Å². The topological polar surface area (TPSA) is 58.8 Å². The van der Waals surface area contributed by atoms with Crippen molar-refractivity contribution < 1.29 is 13.9 Å². The van der Waals surface area contributed by atoms with Crippen LogP contribution in [-0.2, 0) is 4.74 Å². The van der Waals surface area contributed by atoms with Gasteiger partial charge in [-0.15, -0.1) is 0 Å². The van der Waals surface area contributed by atoms with E-state index in [9.17, 15) is 4.79 Å². The molecule has 1 aliphatic rings. The van der Waals surface area contributed by atoms with E-state index in [-0.39, 0.29) is 5.91 Å². The minimum Gasteiger partial charge on any atom is -0.444 e. The third-order valence-corrected chi connectivity index (χ3v) is 6.55. The standard InChI is InChI=1S/C20H22BrN3O3S/c1-13-3-5-16-18(14(13)2)22-20(28-16)24(8-7-23-9-11-26-12-10-23)19(25)15-4-6-17(21)27-15/h3-6H,7-12H2,1-2H3. The van der Waals surface area contributed by atoms with Gasteiger partial charge in [-0.2, -0.15) is 0 Å². The van der Waals surface area contributed by atoms with E-state index in [1.165, 1.54) is 5.56 Å². The number of thiazole rings is 1. The lowest BCUT2D eigenvalue weighted by Gasteiger charge is -2.28. The van der Waals surface area contributed by atoms with E-state index in [4.69, 9.17) is 14.1 Å². The van der Waals surface area contributed by atoms with Gasteiger partial charge in [0.15, 0.2) is 15.6 Å². The van der Waals surface area contributed by atoms with Gasteiger partial charge in [-0.1, -0.05) is 17.4 Å². The smallest absolute Gasteiger partial charge is 0.295 e. The molecule has 0 radical (unpaired) electrons. The predicted molar refractivity (Wildman–Crippen MR) is 114 cm³/mol. The number of halogens is 1. The fraction of sp³-hybridized carbons (Fsp3) is 0.400. The summed E-state index contributed by atoms with van der Waals surface area (Å²) in [4.78, 5) is 22.1. The molecule has 0 atom stereocenters. The second-order valence-electron chi connectivity index (χ2n) is 6.87. The maximum absolute atomic E-state index is 13.2. The predicted octanol–water partition coefficient (Wildman–Crippen LogP) is 4.25. The highest BCUT2D eigenvalue weighted by Gasteiger charge is 2.25. The fourth-order valence-electron chi connectivity index (χ4n) is 3.24. The SMILES string of the molecule is Cc1ccc2sc(N(CCN3CCOCC3)C(=O)c3ccc(Br)o3)nc2c1C. The first-order valence-electron chi connectivity index (χ1n) is 9.27. The molecule has 148 valence electrons. The Balaban J connectivity index is 1.65. The van der Waals surface area contributed by atoms with Crippen LogP contribution in [0.15, 0.2) is 33.4 Å². The van der Waals surface area contributed by atoms with Gasteiger partial charge in [0.2, 0.25) is 0 Å². The number of ether oxygens (including phenoxy) is 1. The second-order valence-corrected chi connectivity index (χ2v) is 8.66. The van der Waals surface area contributed by atoms with Gasteiger partial charge in [-0.25, -0.2) is 4.98 Å². The number of nitrogens with zero attached hydrogens (tertiary/aromatic N) is 3. The molecular formula is C20H22BrN3O3S. The second kappa shape index (κ2) is 8.32. The van der Waals surface area contributed by atoms with Crippen molar-refractivity contribution in [3.05, 3.63) is 45.8 Å². The molecule has 3 heterocycles. The first-order valence-corrected chi connectivity index (χ1v) is 10.9. The van der Waals surface area contributed by atoms with Crippen LogP contribution < -0.4 is 4.90 Å². The quantitative estimate of drug-likeness (QED) is 0.565. The number of rotatable bonds is 5. The number of amides is 1. The molecule has 0 bridgehead atoms. The molecule has 0 spiro atoms. The zero-order chi connectivity index (χ0) is 19.7. The third-order valence-electron chi connectivity index (χ3n) is 5.08. The molecule has 0 N–H and O–H groups in total. The van der Waals surface area contributed by atoms with Gasteiger partial charge in [0.25, 0.3) is 5.91 Å². The third kappa shape index (κ3) is 4.00. The van der Waals surface area contributed by atoms with Gasteiger partial charge >= 0.3 is 0 Å². The molecule has 1 aliphatic heterocycles. The van der Waals surface area contributed by atoms with Crippen molar-refractivity contribution in [3.63, 3.8) is 0 Å². The molecule has 1 saturated heterocycles. The summed E-state index contributed by atoms with van der Waals surface area (Å²) < 4.78 is 12.6. The number of benzene rings is 1. The van der Waals surface area contributed by atoms with Crippen LogP contribution in [0, 0.1) is 13.8 Å². The Hall–Kier alpha value is -1.74. The van der Waals surface area contributed by atoms with Crippen LogP contribution >= 0.6 is 27.3 Å². The molecule has 3 aromatic rings. The number of carbonyl (C=O) groups is 1. The Morgan fingerprint density at radius 3 is 2.75 bits per heavy atom. The van der Waals surface area contributed by atoms with E-state index in [1.807, 2.05) is 0 Å². The van der Waals surface area contributed by atoms with Gasteiger partial charge in [0, 0.05) is 26.2 Å². The highest BCUT2D eigenvalue weighted by atomic mass is 79.9. The van der Waals surface area contributed by atoms with E-state index < -0.39 is 0 Å². The average Bonchev–Trinajstić information content (AvgIpc) is 3.32. The number of hydrogen-bond donors (Lipinski definition) is 0. The van der Waals surface area contributed by atoms with Crippen LogP contribution in [0.2, 0.25) is 0 Å². The van der Waals surface area contributed by atoms with Crippen LogP contribution in [0.1, 0.15) is 21.7 Å². The van der Waals surface area contributed by atoms with Crippen LogP contribution in [0.5, 0.6) is 0 Å². The minimum atomic E-state index is -0.174. The number of aromatic nitrogens is 1. The highest BCUT2D eigenvalue weighted by Crippen LogP contribution is 2.33. The first-order chi connectivity index (χ1) is 13.5. The summed E-state index contributed by atoms with van der Waals surface area (Å²) in [6.45, 7) is 8.70. The zero-order valence-electron chi connectivity index (χ0n) is 15.9. The molecule has 6 nitrogen and oxygen atoms in total. The maximum atomic E-state index is 13.2. The molecule has 0 unspecified atom stereocenters. The summed E-state index contributed by atoms with van der Waals surface area (Å²) in [6, 6.07) is 7.60. The van der Waals surface area contributed by atoms with Gasteiger partial charge in [0.05, 0.1) is 23.4 Å². The van der Waals surface area contributed by atoms with Gasteiger partial charge in [-0.3, -0.25) is 14.6 Å². The number of morpholine rings is 1. The molecule has 1 amide bonds. The number of carbonyl (C=O) groups excluding carboxylic acids is 1. The normalized spacial score (nSPS) is 15.2. The number of hydrogen-bond acceptors (Lipinski definition) is 6. The average molecular weight is 464 g/mol. The van der Waals surface area contributed by atoms with Crippen LogP contribution in [0.4, 0.5) is 5.13 Å². The molecule has 0 saturated carbocycles. The van der Waals surface area contributed by atoms with Crippen molar-refractivity contribution in [2.75, 3.05) is 44.3 Å². The lowest BCUT2D eigenvalue weighted by molar-refractivity contribution is 0.0390. The van der Waals surface area contributed by atoms with Crippen molar-refractivity contribution in [3.8, 4) is 0 Å². The minimum absolute atomic E-state index is 0.174. The molecule has 4 rings (SSSR count). The molecule has 0 aliphatic carbocycles. The summed E-state index contributed by atoms with van der Waals surface area (Å²) >= 11 is 4.82. The Morgan fingerprint density at radius 2 is 2.04 bits per heavy atom. The van der Waals surface area contributed by atoms with E-state index in [2.05, 4.69) is 46.8 Å². The van der Waals surface area contributed by atoms with E-state index in [0.29, 0.717) is 22.1 Å². The van der Waals surface area contributed by atoms with Crippen LogP contribution in [0.3, 0.4) is 0 Å². The number of furan rings is 1. The molecular weight excluding hydrogens is 442 g/mol. The van der Waals surface area contributed by atoms with Crippen molar-refractivity contribution >= 4 is 48.5 Å². The summed E-state index contributed by atoms with van der Waals surface area (Å²) in [6.07, 6.45) is 0. The van der Waals surface area contributed by atoms with E-state index in [0.717, 1.165) is 48.6 Å². The zero-order valence-corrected chi connectivity index (χ0v) is 18.3. The Bertz CT molecular complexity index is 994. The highest BCUT2D eigenvalue weighted by molar-refractivity contribution is 9.10. The van der Waals surface area contributed by atoms with Gasteiger partial charge < -0.3 is 9.15 Å². The lowest BCUT2D eigenvalue weighted by Crippen LogP contribution is -2.43. The molecule has 1 aromatic carbocycles. The largest absolute Gasteiger partial charge is 0.444 e. The van der Waals surface area contributed by atoms with Crippen LogP contribution in [0.25, 0.3) is 10.2 Å². The molecule has 28 heavy (non-hydrogen) atoms. The van der Waals surface area contributed by atoms with Crippen molar-refractivity contribution in [1.29, 1.82) is 0 Å². The maximum Gasteiger partial charge on any atom is 0.295 e. The number of fused-ring (bicyclic) bond motifs is 1. The van der Waals surface area contributed by atoms with Crippen molar-refractivity contribution in [1.82, 2.24) is 9.88 Å². The summed E-state index contributed by atoms with van der Waals surface area (Å²) in [5.41, 5.74) is 3.32. The van der Waals surface area contributed by atoms with Crippen molar-refractivity contribution in [2.24, 2.45) is 0 Å². The Labute approximate surface area is 176 Å². The Kier molecular flexibility index (Phi) is 5.82. The first kappa shape index (κ1) is 19.6. The summed E-state index contributed by atoms with van der Waals surface area (Å²) in [5, 5.41) is 0.703. The molecule has 1 fully saturated rings. The number of aryl methyl sites for hydroxylation is 2. The van der Waals surface area contributed by atoms with Crippen molar-refractivity contribution in [2.45, 2.75) is 13.8 Å². The lowest BCUT2D eigenvalue weighted by atomic mass is 10.1. The molecule has 8 heteroatoms. The number of anilines is 1. The molecule has 2 aromatic heterocycles.